The monoisotopic (exact) mass is 460 g/mol. The number of urea groups is 1. The van der Waals surface area contributed by atoms with Crippen molar-refractivity contribution in [3.8, 4) is 11.5 Å². The van der Waals surface area contributed by atoms with Crippen molar-refractivity contribution in [2.75, 3.05) is 21.3 Å². The number of rotatable bonds is 4. The molecule has 1 N–H and O–H groups in total. The number of carbonyl (C=O) groups is 1. The van der Waals surface area contributed by atoms with Crippen LogP contribution in [0.5, 0.6) is 11.5 Å². The Hall–Kier alpha value is -3.61. The lowest BCUT2D eigenvalue weighted by atomic mass is 9.91. The lowest BCUT2D eigenvalue weighted by Crippen LogP contribution is -2.41. The Kier molecular flexibility index (Phi) is 7.01. The van der Waals surface area contributed by atoms with Crippen LogP contribution in [0, 0.1) is 0 Å². The summed E-state index contributed by atoms with van der Waals surface area (Å²) in [6.07, 6.45) is 6.60. The van der Waals surface area contributed by atoms with E-state index < -0.39 is 0 Å². The number of hydrazone groups is 1. The van der Waals surface area contributed by atoms with E-state index >= 15 is 0 Å². The quantitative estimate of drug-likeness (QED) is 0.720. The van der Waals surface area contributed by atoms with Crippen molar-refractivity contribution in [1.82, 2.24) is 10.3 Å². The van der Waals surface area contributed by atoms with Gasteiger partial charge in [-0.2, -0.15) is 5.10 Å². The third-order valence-electron chi connectivity index (χ3n) is 6.38. The molecule has 34 heavy (non-hydrogen) atoms. The lowest BCUT2D eigenvalue weighted by molar-refractivity contribution is 0.184. The fourth-order valence-electron chi connectivity index (χ4n) is 4.46. The maximum atomic E-state index is 12.7. The second kappa shape index (κ2) is 10.1. The van der Waals surface area contributed by atoms with Crippen LogP contribution in [0.15, 0.2) is 52.6 Å². The summed E-state index contributed by atoms with van der Waals surface area (Å²) >= 11 is 0. The zero-order chi connectivity index (χ0) is 24.2. The molecule has 2 aromatic rings. The molecule has 2 atom stereocenters. The van der Waals surface area contributed by atoms with Gasteiger partial charge in [-0.05, 0) is 74.1 Å². The highest BCUT2D eigenvalue weighted by molar-refractivity contribution is 6.15. The minimum atomic E-state index is -0.246. The average molecular weight is 461 g/mol. The van der Waals surface area contributed by atoms with E-state index in [1.54, 1.807) is 21.3 Å². The molecule has 0 saturated heterocycles. The summed E-state index contributed by atoms with van der Waals surface area (Å²) in [6, 6.07) is 12.2. The van der Waals surface area contributed by atoms with Gasteiger partial charge in [0.05, 0.1) is 26.0 Å². The first-order valence-corrected chi connectivity index (χ1v) is 11.6. The molecule has 178 valence electrons. The molecule has 2 aliphatic rings. The summed E-state index contributed by atoms with van der Waals surface area (Å²) in [5.74, 6) is 1.29. The van der Waals surface area contributed by atoms with Gasteiger partial charge in [-0.25, -0.2) is 9.80 Å². The molecule has 7 heteroatoms. The van der Waals surface area contributed by atoms with Crippen LogP contribution in [-0.4, -0.2) is 56.3 Å². The minimum absolute atomic E-state index is 0.139. The Morgan fingerprint density at radius 1 is 1.09 bits per heavy atom. The van der Waals surface area contributed by atoms with Crippen LogP contribution in [0.3, 0.4) is 0 Å². The normalized spacial score (nSPS) is 19.9. The second-order valence-corrected chi connectivity index (χ2v) is 8.72. The van der Waals surface area contributed by atoms with Crippen LogP contribution in [-0.2, 0) is 6.42 Å². The van der Waals surface area contributed by atoms with Crippen molar-refractivity contribution in [1.29, 1.82) is 0 Å². The van der Waals surface area contributed by atoms with E-state index in [0.29, 0.717) is 24.0 Å². The van der Waals surface area contributed by atoms with Crippen LogP contribution in [0.2, 0.25) is 0 Å². The maximum Gasteiger partial charge on any atom is 0.337 e. The molecule has 0 spiro atoms. The SMILES string of the molecule is CNC(=O)N1N=C(c2cccc(C3=CC=NC(C)CC3)c2)c2cc(OC)c(OC)cc2CC1C. The number of nitrogens with zero attached hydrogens (tertiary/aromatic N) is 3. The Morgan fingerprint density at radius 2 is 1.82 bits per heavy atom. The number of hydrogen-bond donors (Lipinski definition) is 1. The molecule has 2 amide bonds. The van der Waals surface area contributed by atoms with Crippen LogP contribution in [0.4, 0.5) is 4.79 Å². The van der Waals surface area contributed by atoms with Gasteiger partial charge < -0.3 is 14.8 Å². The van der Waals surface area contributed by atoms with E-state index in [4.69, 9.17) is 14.6 Å². The Labute approximate surface area is 201 Å². The van der Waals surface area contributed by atoms with Gasteiger partial charge >= 0.3 is 6.03 Å². The molecular formula is C27H32N4O3. The largest absolute Gasteiger partial charge is 0.493 e. The number of methoxy groups -OCH3 is 2. The smallest absolute Gasteiger partial charge is 0.337 e. The molecule has 0 saturated carbocycles. The van der Waals surface area contributed by atoms with Crippen LogP contribution in [0.25, 0.3) is 5.57 Å². The van der Waals surface area contributed by atoms with Crippen molar-refractivity contribution < 1.29 is 14.3 Å². The zero-order valence-electron chi connectivity index (χ0n) is 20.5. The van der Waals surface area contributed by atoms with Gasteiger partial charge in [0, 0.05) is 30.4 Å². The highest BCUT2D eigenvalue weighted by atomic mass is 16.5. The number of ether oxygens (including phenoxy) is 2. The summed E-state index contributed by atoms with van der Waals surface area (Å²) in [6.45, 7) is 4.13. The Bertz CT molecular complexity index is 1170. The van der Waals surface area contributed by atoms with E-state index in [2.05, 4.69) is 35.4 Å². The number of allylic oxidation sites excluding steroid dienone is 2. The fourth-order valence-corrected chi connectivity index (χ4v) is 4.46. The van der Waals surface area contributed by atoms with Gasteiger partial charge in [0.2, 0.25) is 0 Å². The van der Waals surface area contributed by atoms with E-state index in [1.165, 1.54) is 10.6 Å². The summed E-state index contributed by atoms with van der Waals surface area (Å²) < 4.78 is 11.2. The second-order valence-electron chi connectivity index (χ2n) is 8.72. The van der Waals surface area contributed by atoms with E-state index in [-0.39, 0.29) is 12.1 Å². The average Bonchev–Trinajstić information content (AvgIpc) is 3.16. The highest BCUT2D eigenvalue weighted by Gasteiger charge is 2.28. The first-order chi connectivity index (χ1) is 16.4. The summed E-state index contributed by atoms with van der Waals surface area (Å²) in [4.78, 5) is 17.3. The Morgan fingerprint density at radius 3 is 2.56 bits per heavy atom. The molecule has 0 aromatic heterocycles. The van der Waals surface area contributed by atoms with Crippen molar-refractivity contribution in [2.45, 2.75) is 45.2 Å². The molecular weight excluding hydrogens is 428 g/mol. The van der Waals surface area contributed by atoms with Gasteiger partial charge in [0.15, 0.2) is 11.5 Å². The van der Waals surface area contributed by atoms with Crippen molar-refractivity contribution in [3.63, 3.8) is 0 Å². The molecule has 0 radical (unpaired) electrons. The first-order valence-electron chi connectivity index (χ1n) is 11.6. The number of fused-ring (bicyclic) bond motifs is 1. The first kappa shape index (κ1) is 23.5. The minimum Gasteiger partial charge on any atom is -0.493 e. The van der Waals surface area contributed by atoms with Crippen molar-refractivity contribution in [2.24, 2.45) is 10.1 Å². The summed E-state index contributed by atoms with van der Waals surface area (Å²) in [5, 5.41) is 9.13. The standard InChI is InChI=1S/C27H32N4O3/c1-17-9-10-19(11-12-29-17)20-7-6-8-21(14-20)26-23-16-25(34-5)24(33-4)15-22(23)13-18(2)31(30-26)27(32)28-3/h6-8,11-12,14-18H,9-10,13H2,1-5H3,(H,28,32). The van der Waals surface area contributed by atoms with Gasteiger partial charge in [-0.15, -0.1) is 0 Å². The molecule has 2 aliphatic heterocycles. The van der Waals surface area contributed by atoms with Gasteiger partial charge in [-0.1, -0.05) is 18.2 Å². The van der Waals surface area contributed by atoms with Gasteiger partial charge in [-0.3, -0.25) is 4.99 Å². The number of amides is 2. The molecule has 0 aliphatic carbocycles. The van der Waals surface area contributed by atoms with Crippen molar-refractivity contribution in [3.05, 3.63) is 64.7 Å². The van der Waals surface area contributed by atoms with Crippen LogP contribution in [0.1, 0.15) is 48.9 Å². The number of aliphatic imine (C=N–C) groups is 1. The number of hydrogen-bond acceptors (Lipinski definition) is 5. The Balaban J connectivity index is 1.87. The molecule has 2 heterocycles. The molecule has 0 fully saturated rings. The number of carbonyl (C=O) groups excluding carboxylic acids is 1. The van der Waals surface area contributed by atoms with E-state index in [0.717, 1.165) is 40.8 Å². The predicted molar refractivity (Wildman–Crippen MR) is 136 cm³/mol. The van der Waals surface area contributed by atoms with E-state index in [9.17, 15) is 4.79 Å². The van der Waals surface area contributed by atoms with Crippen LogP contribution >= 0.6 is 0 Å². The lowest BCUT2D eigenvalue weighted by Gasteiger charge is -2.22. The number of nitrogens with one attached hydrogen (secondary N) is 1. The topological polar surface area (TPSA) is 75.5 Å². The molecule has 2 aromatic carbocycles. The van der Waals surface area contributed by atoms with Crippen molar-refractivity contribution >= 4 is 23.5 Å². The summed E-state index contributed by atoms with van der Waals surface area (Å²) in [7, 11) is 4.87. The maximum absolute atomic E-state index is 12.7. The van der Waals surface area contributed by atoms with Crippen LogP contribution < -0.4 is 14.8 Å². The van der Waals surface area contributed by atoms with Gasteiger partial charge in [0.25, 0.3) is 0 Å². The summed E-state index contributed by atoms with van der Waals surface area (Å²) in [5.41, 5.74) is 6.01. The van der Waals surface area contributed by atoms with Gasteiger partial charge in [0.1, 0.15) is 0 Å². The third-order valence-corrected chi connectivity index (χ3v) is 6.38. The highest BCUT2D eigenvalue weighted by Crippen LogP contribution is 2.35. The molecule has 7 nitrogen and oxygen atoms in total. The zero-order valence-corrected chi connectivity index (χ0v) is 20.5. The third kappa shape index (κ3) is 4.69. The molecule has 0 bridgehead atoms. The molecule has 2 unspecified atom stereocenters. The molecule has 4 rings (SSSR count). The predicted octanol–water partition coefficient (Wildman–Crippen LogP) is 4.68. The van der Waals surface area contributed by atoms with E-state index in [1.807, 2.05) is 37.4 Å². The fraction of sp³-hybridized carbons (Fsp3) is 0.370. The number of benzene rings is 2.